The molecule has 1 aromatic rings. The molecule has 2 aliphatic rings. The molecule has 2 saturated heterocycles. The summed E-state index contributed by atoms with van der Waals surface area (Å²) in [4.78, 5) is 41.2. The maximum Gasteiger partial charge on any atom is 0.306 e. The van der Waals surface area contributed by atoms with Crippen LogP contribution in [0.2, 0.25) is 0 Å². The molecule has 2 amide bonds. The number of hydroxylamine groups is 2. The lowest BCUT2D eigenvalue weighted by Crippen LogP contribution is -2.40. The number of amides is 2. The third-order valence-corrected chi connectivity index (χ3v) is 4.16. The minimum absolute atomic E-state index is 0.00384. The summed E-state index contributed by atoms with van der Waals surface area (Å²) >= 11 is 0. The van der Waals surface area contributed by atoms with Gasteiger partial charge in [-0.1, -0.05) is 0 Å². The number of carbonyl (C=O) groups excluding carboxylic acids is 2. The molecule has 2 fully saturated rings. The van der Waals surface area contributed by atoms with Gasteiger partial charge in [-0.15, -0.1) is 0 Å². The average molecular weight is 337 g/mol. The van der Waals surface area contributed by atoms with Gasteiger partial charge in [-0.25, -0.2) is 5.06 Å². The highest BCUT2D eigenvalue weighted by Gasteiger charge is 2.38. The summed E-state index contributed by atoms with van der Waals surface area (Å²) in [5, 5.41) is 12.1. The first-order valence-corrected chi connectivity index (χ1v) is 7.66. The van der Waals surface area contributed by atoms with Gasteiger partial charge >= 0.3 is 5.69 Å². The van der Waals surface area contributed by atoms with Crippen LogP contribution in [0.5, 0.6) is 0 Å². The Morgan fingerprint density at radius 2 is 2.17 bits per heavy atom. The van der Waals surface area contributed by atoms with Crippen LogP contribution in [0.15, 0.2) is 18.2 Å². The highest BCUT2D eigenvalue weighted by Crippen LogP contribution is 2.30. The number of hydrogen-bond donors (Lipinski definition) is 0. The van der Waals surface area contributed by atoms with E-state index in [1.807, 2.05) is 0 Å². The van der Waals surface area contributed by atoms with E-state index in [0.29, 0.717) is 13.2 Å². The summed E-state index contributed by atoms with van der Waals surface area (Å²) in [5.74, 6) is -2.13. The second kappa shape index (κ2) is 6.52. The third-order valence-electron chi connectivity index (χ3n) is 4.16. The molecule has 1 atom stereocenters. The van der Waals surface area contributed by atoms with Crippen molar-refractivity contribution < 1.29 is 23.7 Å². The first-order chi connectivity index (χ1) is 11.5. The molecule has 2 aliphatic heterocycles. The number of hydrogen-bond acceptors (Lipinski definition) is 5. The largest absolute Gasteiger partial charge is 0.311 e. The van der Waals surface area contributed by atoms with Gasteiger partial charge in [0.1, 0.15) is 0 Å². The number of nitrogens with zero attached hydrogens (tertiary/aromatic N) is 3. The van der Waals surface area contributed by atoms with Crippen molar-refractivity contribution in [1.29, 1.82) is 0 Å². The number of rotatable bonds is 3. The monoisotopic (exact) mass is 337 g/mol. The van der Waals surface area contributed by atoms with E-state index < -0.39 is 22.3 Å². The normalized spacial score (nSPS) is 21.2. The minimum Gasteiger partial charge on any atom is -0.311 e. The zero-order chi connectivity index (χ0) is 17.3. The van der Waals surface area contributed by atoms with Crippen molar-refractivity contribution >= 4 is 23.2 Å². The SMILES string of the molecule is O=C([C@H]1CC(=O)N(c2ccc(F)c([N+](=O)[O-])c2)C1)N1CCCCO1. The standard InChI is InChI=1S/C15H16FN3O5/c16-12-4-3-11(8-13(12)19(22)23)17-9-10(7-14(17)20)15(21)18-5-1-2-6-24-18/h3-4,8,10H,1-2,5-7,9H2/t10-/m0/s1. The Hall–Kier alpha value is -2.55. The molecule has 0 radical (unpaired) electrons. The number of nitro groups is 1. The molecule has 8 nitrogen and oxygen atoms in total. The molecule has 0 bridgehead atoms. The summed E-state index contributed by atoms with van der Waals surface area (Å²) in [5.41, 5.74) is -0.489. The third kappa shape index (κ3) is 3.07. The smallest absolute Gasteiger partial charge is 0.306 e. The van der Waals surface area contributed by atoms with Gasteiger partial charge in [0.15, 0.2) is 0 Å². The Labute approximate surface area is 136 Å². The van der Waals surface area contributed by atoms with E-state index in [4.69, 9.17) is 4.84 Å². The number of halogens is 1. The quantitative estimate of drug-likeness (QED) is 0.617. The van der Waals surface area contributed by atoms with Crippen molar-refractivity contribution in [2.24, 2.45) is 5.92 Å². The molecular weight excluding hydrogens is 321 g/mol. The molecular formula is C15H16FN3O5. The van der Waals surface area contributed by atoms with E-state index >= 15 is 0 Å². The second-order valence-corrected chi connectivity index (χ2v) is 5.78. The molecule has 0 N–H and O–H groups in total. The summed E-state index contributed by atoms with van der Waals surface area (Å²) in [6.07, 6.45) is 1.74. The van der Waals surface area contributed by atoms with E-state index in [-0.39, 0.29) is 30.5 Å². The van der Waals surface area contributed by atoms with E-state index in [9.17, 15) is 24.1 Å². The fourth-order valence-corrected chi connectivity index (χ4v) is 2.91. The molecule has 9 heteroatoms. The van der Waals surface area contributed by atoms with Crippen LogP contribution in [0.3, 0.4) is 0 Å². The zero-order valence-electron chi connectivity index (χ0n) is 12.8. The topological polar surface area (TPSA) is 93.0 Å². The number of anilines is 1. The van der Waals surface area contributed by atoms with Gasteiger partial charge in [0.05, 0.1) is 23.1 Å². The molecule has 2 heterocycles. The predicted molar refractivity (Wildman–Crippen MR) is 80.4 cm³/mol. The highest BCUT2D eigenvalue weighted by atomic mass is 19.1. The van der Waals surface area contributed by atoms with Crippen LogP contribution in [0.1, 0.15) is 19.3 Å². The van der Waals surface area contributed by atoms with Gasteiger partial charge in [-0.3, -0.25) is 24.5 Å². The van der Waals surface area contributed by atoms with E-state index in [1.165, 1.54) is 16.0 Å². The zero-order valence-corrected chi connectivity index (χ0v) is 12.8. The van der Waals surface area contributed by atoms with Crippen LogP contribution < -0.4 is 4.90 Å². The maximum absolute atomic E-state index is 13.4. The Morgan fingerprint density at radius 1 is 1.38 bits per heavy atom. The van der Waals surface area contributed by atoms with Crippen LogP contribution in [0, 0.1) is 21.8 Å². The molecule has 128 valence electrons. The van der Waals surface area contributed by atoms with Crippen LogP contribution in [0.25, 0.3) is 0 Å². The number of benzene rings is 1. The van der Waals surface area contributed by atoms with Gasteiger partial charge in [0, 0.05) is 25.6 Å². The lowest BCUT2D eigenvalue weighted by atomic mass is 10.1. The minimum atomic E-state index is -0.968. The summed E-state index contributed by atoms with van der Waals surface area (Å²) in [7, 11) is 0. The molecule has 0 saturated carbocycles. The lowest BCUT2D eigenvalue weighted by molar-refractivity contribution is -0.387. The van der Waals surface area contributed by atoms with Gasteiger partial charge in [0.25, 0.3) is 5.91 Å². The predicted octanol–water partition coefficient (Wildman–Crippen LogP) is 1.64. The van der Waals surface area contributed by atoms with E-state index in [2.05, 4.69) is 0 Å². The lowest BCUT2D eigenvalue weighted by Gasteiger charge is -2.28. The summed E-state index contributed by atoms with van der Waals surface area (Å²) < 4.78 is 13.4. The first kappa shape index (κ1) is 16.3. The summed E-state index contributed by atoms with van der Waals surface area (Å²) in [6, 6.07) is 3.26. The first-order valence-electron chi connectivity index (χ1n) is 7.66. The number of nitro benzene ring substituents is 1. The van der Waals surface area contributed by atoms with Crippen LogP contribution in [-0.2, 0) is 14.4 Å². The Balaban J connectivity index is 1.76. The number of carbonyl (C=O) groups is 2. The van der Waals surface area contributed by atoms with Crippen LogP contribution >= 0.6 is 0 Å². The van der Waals surface area contributed by atoms with Crippen LogP contribution in [-0.4, -0.2) is 41.5 Å². The fraction of sp³-hybridized carbons (Fsp3) is 0.467. The molecule has 0 aliphatic carbocycles. The van der Waals surface area contributed by atoms with Gasteiger partial charge in [-0.2, -0.15) is 4.39 Å². The molecule has 0 aromatic heterocycles. The van der Waals surface area contributed by atoms with Crippen molar-refractivity contribution in [1.82, 2.24) is 5.06 Å². The fourth-order valence-electron chi connectivity index (χ4n) is 2.91. The van der Waals surface area contributed by atoms with Crippen molar-refractivity contribution in [2.75, 3.05) is 24.6 Å². The van der Waals surface area contributed by atoms with Crippen molar-refractivity contribution in [3.8, 4) is 0 Å². The van der Waals surface area contributed by atoms with Gasteiger partial charge in [0.2, 0.25) is 11.7 Å². The van der Waals surface area contributed by atoms with Crippen molar-refractivity contribution in [2.45, 2.75) is 19.3 Å². The Kier molecular flexibility index (Phi) is 4.43. The highest BCUT2D eigenvalue weighted by molar-refractivity contribution is 6.00. The molecule has 24 heavy (non-hydrogen) atoms. The van der Waals surface area contributed by atoms with E-state index in [1.54, 1.807) is 0 Å². The maximum atomic E-state index is 13.4. The molecule has 1 aromatic carbocycles. The molecule has 0 spiro atoms. The van der Waals surface area contributed by atoms with Crippen LogP contribution in [0.4, 0.5) is 15.8 Å². The molecule has 0 unspecified atom stereocenters. The Bertz CT molecular complexity index is 690. The van der Waals surface area contributed by atoms with Crippen molar-refractivity contribution in [3.05, 3.63) is 34.1 Å². The van der Waals surface area contributed by atoms with Crippen molar-refractivity contribution in [3.63, 3.8) is 0 Å². The summed E-state index contributed by atoms with van der Waals surface area (Å²) in [6.45, 7) is 1.06. The average Bonchev–Trinajstić information content (AvgIpc) is 2.97. The van der Waals surface area contributed by atoms with Gasteiger partial charge < -0.3 is 4.90 Å². The second-order valence-electron chi connectivity index (χ2n) is 5.78. The van der Waals surface area contributed by atoms with Gasteiger partial charge in [-0.05, 0) is 25.0 Å². The molecule has 3 rings (SSSR count). The van der Waals surface area contributed by atoms with E-state index in [0.717, 1.165) is 25.0 Å². The Morgan fingerprint density at radius 3 is 2.83 bits per heavy atom.